The monoisotopic (exact) mass is 457 g/mol. The Labute approximate surface area is 193 Å². The van der Waals surface area contributed by atoms with Crippen LogP contribution in [0.3, 0.4) is 0 Å². The van der Waals surface area contributed by atoms with Gasteiger partial charge in [-0.2, -0.15) is 4.31 Å². The molecular weight excluding hydrogens is 434 g/mol. The number of nitrogens with one attached hydrogen (secondary N) is 1. The summed E-state index contributed by atoms with van der Waals surface area (Å²) in [6.45, 7) is 0.273. The summed E-state index contributed by atoms with van der Waals surface area (Å²) >= 11 is 0. The number of pyridine rings is 1. The van der Waals surface area contributed by atoms with E-state index in [9.17, 15) is 13.2 Å². The normalized spacial score (nSPS) is 11.8. The van der Waals surface area contributed by atoms with Crippen LogP contribution in [0.25, 0.3) is 17.0 Å². The van der Waals surface area contributed by atoms with E-state index in [0.29, 0.717) is 5.69 Å². The summed E-state index contributed by atoms with van der Waals surface area (Å²) < 4.78 is 27.0. The summed E-state index contributed by atoms with van der Waals surface area (Å²) in [5, 5.41) is 3.75. The van der Waals surface area contributed by atoms with Gasteiger partial charge < -0.3 is 5.32 Å². The Kier molecular flexibility index (Phi) is 6.63. The molecule has 0 aliphatic heterocycles. The number of carbonyl (C=O) groups is 1. The van der Waals surface area contributed by atoms with Gasteiger partial charge in [0.2, 0.25) is 15.9 Å². The summed E-state index contributed by atoms with van der Waals surface area (Å²) in [5.41, 5.74) is 3.07. The molecule has 1 amide bonds. The first-order valence-electron chi connectivity index (χ1n) is 10.4. The lowest BCUT2D eigenvalue weighted by Crippen LogP contribution is -2.26. The SMILES string of the molecule is CN(Cc1ccccc1)S(=O)(=O)c1ccc(NC(=O)/C=C/c2cccc3cccnc23)cc1. The number of nitrogens with zero attached hydrogens (tertiary/aromatic N) is 2. The van der Waals surface area contributed by atoms with Crippen LogP contribution in [0.4, 0.5) is 5.69 Å². The van der Waals surface area contributed by atoms with Crippen LogP contribution < -0.4 is 5.32 Å². The van der Waals surface area contributed by atoms with Crippen molar-refractivity contribution in [2.24, 2.45) is 0 Å². The van der Waals surface area contributed by atoms with Crippen LogP contribution in [0.5, 0.6) is 0 Å². The van der Waals surface area contributed by atoms with Gasteiger partial charge in [-0.1, -0.05) is 54.6 Å². The van der Waals surface area contributed by atoms with E-state index >= 15 is 0 Å². The van der Waals surface area contributed by atoms with E-state index in [4.69, 9.17) is 0 Å². The van der Waals surface area contributed by atoms with Gasteiger partial charge >= 0.3 is 0 Å². The molecule has 3 aromatic carbocycles. The van der Waals surface area contributed by atoms with Crippen molar-refractivity contribution in [3.63, 3.8) is 0 Å². The van der Waals surface area contributed by atoms with Crippen molar-refractivity contribution in [1.29, 1.82) is 0 Å². The second-order valence-electron chi connectivity index (χ2n) is 7.52. The highest BCUT2D eigenvalue weighted by atomic mass is 32.2. The van der Waals surface area contributed by atoms with Crippen molar-refractivity contribution in [2.45, 2.75) is 11.4 Å². The Balaban J connectivity index is 1.42. The molecule has 33 heavy (non-hydrogen) atoms. The highest BCUT2D eigenvalue weighted by molar-refractivity contribution is 7.89. The molecule has 1 aromatic heterocycles. The number of benzene rings is 3. The van der Waals surface area contributed by atoms with Crippen LogP contribution in [-0.2, 0) is 21.4 Å². The zero-order chi connectivity index (χ0) is 23.3. The maximum absolute atomic E-state index is 12.9. The molecule has 1 N–H and O–H groups in total. The molecule has 4 aromatic rings. The van der Waals surface area contributed by atoms with Crippen molar-refractivity contribution in [3.05, 3.63) is 108 Å². The Bertz CT molecular complexity index is 1390. The first-order valence-corrected chi connectivity index (χ1v) is 11.8. The summed E-state index contributed by atoms with van der Waals surface area (Å²) in [5.74, 6) is -0.320. The molecule has 6 nitrogen and oxygen atoms in total. The number of amides is 1. The third-order valence-corrected chi connectivity index (χ3v) is 6.97. The van der Waals surface area contributed by atoms with Gasteiger partial charge in [-0.3, -0.25) is 9.78 Å². The van der Waals surface area contributed by atoms with Gasteiger partial charge in [-0.05, 0) is 42.0 Å². The van der Waals surface area contributed by atoms with Gasteiger partial charge in [-0.25, -0.2) is 8.42 Å². The topological polar surface area (TPSA) is 79.4 Å². The minimum atomic E-state index is -3.65. The van der Waals surface area contributed by atoms with Gasteiger partial charge in [-0.15, -0.1) is 0 Å². The van der Waals surface area contributed by atoms with Crippen molar-refractivity contribution in [1.82, 2.24) is 9.29 Å². The average Bonchev–Trinajstić information content (AvgIpc) is 2.83. The smallest absolute Gasteiger partial charge is 0.248 e. The number of carbonyl (C=O) groups excluding carboxylic acids is 1. The van der Waals surface area contributed by atoms with E-state index in [1.54, 1.807) is 31.5 Å². The fraction of sp³-hybridized carbons (Fsp3) is 0.0769. The third kappa shape index (κ3) is 5.34. The number of sulfonamides is 1. The maximum atomic E-state index is 12.9. The number of fused-ring (bicyclic) bond motifs is 1. The Morgan fingerprint density at radius 3 is 2.42 bits per heavy atom. The molecule has 0 spiro atoms. The average molecular weight is 458 g/mol. The summed E-state index contributed by atoms with van der Waals surface area (Å²) in [6, 6.07) is 25.1. The number of anilines is 1. The lowest BCUT2D eigenvalue weighted by Gasteiger charge is -2.17. The van der Waals surface area contributed by atoms with Crippen LogP contribution in [0.1, 0.15) is 11.1 Å². The van der Waals surface area contributed by atoms with Crippen LogP contribution in [-0.4, -0.2) is 30.7 Å². The van der Waals surface area contributed by atoms with Crippen LogP contribution in [0, 0.1) is 0 Å². The van der Waals surface area contributed by atoms with Crippen LogP contribution in [0.2, 0.25) is 0 Å². The predicted octanol–water partition coefficient (Wildman–Crippen LogP) is 4.71. The zero-order valence-corrected chi connectivity index (χ0v) is 18.9. The van der Waals surface area contributed by atoms with E-state index in [2.05, 4.69) is 10.3 Å². The predicted molar refractivity (Wildman–Crippen MR) is 131 cm³/mol. The third-order valence-electron chi connectivity index (χ3n) is 5.16. The van der Waals surface area contributed by atoms with E-state index in [1.807, 2.05) is 60.7 Å². The molecule has 7 heteroatoms. The largest absolute Gasteiger partial charge is 0.323 e. The lowest BCUT2D eigenvalue weighted by atomic mass is 10.1. The molecule has 0 saturated heterocycles. The molecule has 0 bridgehead atoms. The molecule has 1 heterocycles. The number of aromatic nitrogens is 1. The molecule has 0 aliphatic rings. The lowest BCUT2D eigenvalue weighted by molar-refractivity contribution is -0.111. The number of rotatable bonds is 7. The number of hydrogen-bond acceptors (Lipinski definition) is 4. The molecule has 166 valence electrons. The number of para-hydroxylation sites is 1. The number of hydrogen-bond donors (Lipinski definition) is 1. The highest BCUT2D eigenvalue weighted by Gasteiger charge is 2.20. The van der Waals surface area contributed by atoms with Crippen molar-refractivity contribution >= 4 is 38.6 Å². The van der Waals surface area contributed by atoms with Crippen LogP contribution >= 0.6 is 0 Å². The molecule has 0 unspecified atom stereocenters. The minimum absolute atomic E-state index is 0.163. The molecule has 0 saturated carbocycles. The standard InChI is InChI=1S/C26H23N3O3S/c1-29(19-20-7-3-2-4-8-20)33(31,32)24-15-13-23(14-16-24)28-25(30)17-12-22-10-5-9-21-11-6-18-27-26(21)22/h2-18H,19H2,1H3,(H,28,30)/b17-12+. The highest BCUT2D eigenvalue weighted by Crippen LogP contribution is 2.20. The maximum Gasteiger partial charge on any atom is 0.248 e. The zero-order valence-electron chi connectivity index (χ0n) is 18.0. The molecule has 0 radical (unpaired) electrons. The van der Waals surface area contributed by atoms with Gasteiger partial charge in [0, 0.05) is 42.5 Å². The molecule has 0 aliphatic carbocycles. The summed E-state index contributed by atoms with van der Waals surface area (Å²) in [4.78, 5) is 16.9. The first kappa shape index (κ1) is 22.4. The van der Waals surface area contributed by atoms with Crippen molar-refractivity contribution in [3.8, 4) is 0 Å². The van der Waals surface area contributed by atoms with E-state index in [1.165, 1.54) is 22.5 Å². The van der Waals surface area contributed by atoms with E-state index < -0.39 is 10.0 Å². The summed E-state index contributed by atoms with van der Waals surface area (Å²) in [6.07, 6.45) is 4.86. The molecule has 0 atom stereocenters. The van der Waals surface area contributed by atoms with Gasteiger partial charge in [0.15, 0.2) is 0 Å². The first-order chi connectivity index (χ1) is 15.9. The Morgan fingerprint density at radius 1 is 0.939 bits per heavy atom. The Hall–Kier alpha value is -3.81. The van der Waals surface area contributed by atoms with Crippen molar-refractivity contribution < 1.29 is 13.2 Å². The molecular formula is C26H23N3O3S. The minimum Gasteiger partial charge on any atom is -0.323 e. The van der Waals surface area contributed by atoms with E-state index in [0.717, 1.165) is 22.0 Å². The molecule has 0 fully saturated rings. The quantitative estimate of drug-likeness (QED) is 0.408. The Morgan fingerprint density at radius 2 is 1.67 bits per heavy atom. The van der Waals surface area contributed by atoms with Gasteiger partial charge in [0.25, 0.3) is 0 Å². The molecule has 4 rings (SSSR count). The van der Waals surface area contributed by atoms with Crippen LogP contribution in [0.15, 0.2) is 102 Å². The second kappa shape index (κ2) is 9.77. The fourth-order valence-electron chi connectivity index (χ4n) is 3.43. The van der Waals surface area contributed by atoms with Gasteiger partial charge in [0.05, 0.1) is 10.4 Å². The second-order valence-corrected chi connectivity index (χ2v) is 9.56. The van der Waals surface area contributed by atoms with Crippen molar-refractivity contribution in [2.75, 3.05) is 12.4 Å². The fourth-order valence-corrected chi connectivity index (χ4v) is 4.59. The van der Waals surface area contributed by atoms with Gasteiger partial charge in [0.1, 0.15) is 0 Å². The summed E-state index contributed by atoms with van der Waals surface area (Å²) in [7, 11) is -2.10. The van der Waals surface area contributed by atoms with E-state index in [-0.39, 0.29) is 17.3 Å².